The maximum Gasteiger partial charge on any atom is 0.251 e. The smallest absolute Gasteiger partial charge is 0.251 e. The molecular weight excluding hydrogens is 309 g/mol. The van der Waals surface area contributed by atoms with Gasteiger partial charge < -0.3 is 14.8 Å². The van der Waals surface area contributed by atoms with Crippen LogP contribution in [-0.4, -0.2) is 12.7 Å². The Hall–Kier alpha value is -3.08. The van der Waals surface area contributed by atoms with E-state index in [-0.39, 0.29) is 18.5 Å². The van der Waals surface area contributed by atoms with E-state index in [4.69, 9.17) is 9.47 Å². The molecule has 2 aliphatic heterocycles. The van der Waals surface area contributed by atoms with Gasteiger partial charge in [0.15, 0.2) is 11.5 Å². The fourth-order valence-electron chi connectivity index (χ4n) is 3.43. The van der Waals surface area contributed by atoms with Gasteiger partial charge in [0.2, 0.25) is 6.79 Å². The normalized spacial score (nSPS) is 14.8. The number of carbonyl (C=O) groups excluding carboxylic acids is 1. The van der Waals surface area contributed by atoms with Crippen molar-refractivity contribution in [3.05, 3.63) is 59.4 Å². The summed E-state index contributed by atoms with van der Waals surface area (Å²) in [6.07, 6.45) is 0. The third-order valence-electron chi connectivity index (χ3n) is 4.54. The average molecular weight is 321 g/mol. The Balaban J connectivity index is 1.89. The van der Waals surface area contributed by atoms with Crippen molar-refractivity contribution in [2.45, 2.75) is 6.54 Å². The van der Waals surface area contributed by atoms with Crippen LogP contribution in [-0.2, 0) is 6.54 Å². The summed E-state index contributed by atoms with van der Waals surface area (Å²) in [5.74, 6) is 0.976. The molecule has 0 spiro atoms. The summed E-state index contributed by atoms with van der Waals surface area (Å²) < 4.78 is 24.3. The minimum atomic E-state index is -0.289. The lowest BCUT2D eigenvalue weighted by atomic mass is 9.90. The first-order chi connectivity index (χ1) is 11.7. The van der Waals surface area contributed by atoms with E-state index in [0.29, 0.717) is 23.6 Å². The van der Waals surface area contributed by atoms with Crippen LogP contribution in [0.3, 0.4) is 0 Å². The molecule has 5 rings (SSSR count). The molecule has 1 amide bonds. The number of ether oxygens (including phenoxy) is 2. The zero-order valence-corrected chi connectivity index (χ0v) is 12.6. The highest BCUT2D eigenvalue weighted by Gasteiger charge is 2.26. The van der Waals surface area contributed by atoms with Gasteiger partial charge in [0.1, 0.15) is 5.82 Å². The summed E-state index contributed by atoms with van der Waals surface area (Å²) in [6.45, 7) is 0.656. The second kappa shape index (κ2) is 4.71. The van der Waals surface area contributed by atoms with Crippen molar-refractivity contribution in [2.75, 3.05) is 6.79 Å². The van der Waals surface area contributed by atoms with E-state index in [1.54, 1.807) is 12.1 Å². The molecule has 0 bridgehead atoms. The molecule has 0 fully saturated rings. The lowest BCUT2D eigenvalue weighted by Crippen LogP contribution is -2.12. The van der Waals surface area contributed by atoms with Gasteiger partial charge in [-0.15, -0.1) is 0 Å². The summed E-state index contributed by atoms with van der Waals surface area (Å²) >= 11 is 0. The van der Waals surface area contributed by atoms with Crippen LogP contribution in [0.2, 0.25) is 0 Å². The van der Waals surface area contributed by atoms with Gasteiger partial charge in [-0.3, -0.25) is 4.79 Å². The molecule has 118 valence electrons. The number of halogens is 1. The van der Waals surface area contributed by atoms with Crippen LogP contribution in [0.15, 0.2) is 42.5 Å². The van der Waals surface area contributed by atoms with E-state index in [9.17, 15) is 9.18 Å². The van der Waals surface area contributed by atoms with E-state index in [1.807, 2.05) is 18.2 Å². The van der Waals surface area contributed by atoms with Crippen molar-refractivity contribution in [3.8, 4) is 22.6 Å². The minimum Gasteiger partial charge on any atom is -0.454 e. The van der Waals surface area contributed by atoms with Gasteiger partial charge in [0.25, 0.3) is 5.91 Å². The van der Waals surface area contributed by atoms with E-state index in [0.717, 1.165) is 27.5 Å². The number of rotatable bonds is 1. The maximum atomic E-state index is 13.3. The largest absolute Gasteiger partial charge is 0.454 e. The molecule has 3 aromatic rings. The highest BCUT2D eigenvalue weighted by atomic mass is 19.1. The van der Waals surface area contributed by atoms with Crippen LogP contribution in [0.5, 0.6) is 11.5 Å². The molecule has 0 aliphatic carbocycles. The predicted octanol–water partition coefficient (Wildman–Crippen LogP) is 3.62. The molecule has 0 unspecified atom stereocenters. The van der Waals surface area contributed by atoms with Crippen molar-refractivity contribution >= 4 is 16.7 Å². The van der Waals surface area contributed by atoms with E-state index in [2.05, 4.69) is 5.32 Å². The standard InChI is InChI=1S/C19H12FNO3/c20-12-3-1-10(2-4-12)18-13-7-17-16(23-9-24-17)6-11(13)5-14-15(18)8-21-19(14)22/h1-7H,8-9H2,(H,21,22). The summed E-state index contributed by atoms with van der Waals surface area (Å²) in [7, 11) is 0. The molecule has 0 saturated carbocycles. The van der Waals surface area contributed by atoms with Gasteiger partial charge in [-0.05, 0) is 57.8 Å². The van der Waals surface area contributed by atoms with Gasteiger partial charge in [-0.1, -0.05) is 12.1 Å². The van der Waals surface area contributed by atoms with Gasteiger partial charge in [0, 0.05) is 12.1 Å². The molecule has 3 aromatic carbocycles. The van der Waals surface area contributed by atoms with Crippen molar-refractivity contribution in [2.24, 2.45) is 0 Å². The van der Waals surface area contributed by atoms with Crippen molar-refractivity contribution < 1.29 is 18.7 Å². The van der Waals surface area contributed by atoms with Crippen LogP contribution in [0.4, 0.5) is 4.39 Å². The Kier molecular flexibility index (Phi) is 2.62. The molecular formula is C19H12FNO3. The van der Waals surface area contributed by atoms with Gasteiger partial charge >= 0.3 is 0 Å². The Labute approximate surface area is 136 Å². The van der Waals surface area contributed by atoms with E-state index < -0.39 is 0 Å². The first-order valence-electron chi connectivity index (χ1n) is 7.64. The minimum absolute atomic E-state index is 0.0899. The highest BCUT2D eigenvalue weighted by molar-refractivity contribution is 6.09. The Morgan fingerprint density at radius 3 is 2.54 bits per heavy atom. The highest BCUT2D eigenvalue weighted by Crippen LogP contribution is 2.43. The van der Waals surface area contributed by atoms with Crippen molar-refractivity contribution in [1.82, 2.24) is 5.32 Å². The van der Waals surface area contributed by atoms with Crippen LogP contribution in [0.25, 0.3) is 21.9 Å². The molecule has 2 aliphatic rings. The molecule has 5 heteroatoms. The Morgan fingerprint density at radius 1 is 1.00 bits per heavy atom. The molecule has 4 nitrogen and oxygen atoms in total. The fraction of sp³-hybridized carbons (Fsp3) is 0.105. The molecule has 1 N–H and O–H groups in total. The SMILES string of the molecule is O=C1NCc2c1cc1cc3c(cc1c2-c1ccc(F)cc1)OCO3. The molecule has 0 aromatic heterocycles. The first kappa shape index (κ1) is 13.4. The molecule has 24 heavy (non-hydrogen) atoms. The van der Waals surface area contributed by atoms with Gasteiger partial charge in [0.05, 0.1) is 0 Å². The maximum absolute atomic E-state index is 13.3. The lowest BCUT2D eigenvalue weighted by Gasteiger charge is -2.13. The zero-order valence-electron chi connectivity index (χ0n) is 12.6. The van der Waals surface area contributed by atoms with Crippen LogP contribution in [0, 0.1) is 5.82 Å². The second-order valence-electron chi connectivity index (χ2n) is 5.89. The number of hydrogen-bond acceptors (Lipinski definition) is 3. The monoisotopic (exact) mass is 321 g/mol. The predicted molar refractivity (Wildman–Crippen MR) is 86.6 cm³/mol. The molecule has 0 radical (unpaired) electrons. The third kappa shape index (κ3) is 1.81. The van der Waals surface area contributed by atoms with Crippen molar-refractivity contribution in [1.29, 1.82) is 0 Å². The molecule has 0 saturated heterocycles. The zero-order chi connectivity index (χ0) is 16.3. The average Bonchev–Trinajstić information content (AvgIpc) is 3.18. The number of nitrogens with one attached hydrogen (secondary N) is 1. The molecule has 2 heterocycles. The second-order valence-corrected chi connectivity index (χ2v) is 5.89. The number of amides is 1. The lowest BCUT2D eigenvalue weighted by molar-refractivity contribution is 0.0966. The van der Waals surface area contributed by atoms with Crippen LogP contribution in [0.1, 0.15) is 15.9 Å². The first-order valence-corrected chi connectivity index (χ1v) is 7.64. The summed E-state index contributed by atoms with van der Waals surface area (Å²) in [6, 6.07) is 12.0. The topological polar surface area (TPSA) is 47.6 Å². The number of benzene rings is 3. The van der Waals surface area contributed by atoms with E-state index in [1.165, 1.54) is 12.1 Å². The van der Waals surface area contributed by atoms with Gasteiger partial charge in [-0.2, -0.15) is 0 Å². The number of fused-ring (bicyclic) bond motifs is 3. The quantitative estimate of drug-likeness (QED) is 0.745. The third-order valence-corrected chi connectivity index (χ3v) is 4.54. The number of hydrogen-bond donors (Lipinski definition) is 1. The van der Waals surface area contributed by atoms with Crippen molar-refractivity contribution in [3.63, 3.8) is 0 Å². The Morgan fingerprint density at radius 2 is 1.75 bits per heavy atom. The Bertz CT molecular complexity index is 1010. The van der Waals surface area contributed by atoms with E-state index >= 15 is 0 Å². The summed E-state index contributed by atoms with van der Waals surface area (Å²) in [5, 5.41) is 4.72. The number of carbonyl (C=O) groups is 1. The van der Waals surface area contributed by atoms with Crippen LogP contribution >= 0.6 is 0 Å². The summed E-state index contributed by atoms with van der Waals surface area (Å²) in [4.78, 5) is 12.2. The van der Waals surface area contributed by atoms with Gasteiger partial charge in [-0.25, -0.2) is 4.39 Å². The molecule has 0 atom stereocenters. The fourth-order valence-corrected chi connectivity index (χ4v) is 3.43. The van der Waals surface area contributed by atoms with Crippen LogP contribution < -0.4 is 14.8 Å². The summed E-state index contributed by atoms with van der Waals surface area (Å²) in [5.41, 5.74) is 3.38.